The molecule has 0 saturated carbocycles. The van der Waals surface area contributed by atoms with Crippen molar-refractivity contribution in [3.05, 3.63) is 141 Å². The molecule has 5 aromatic rings. The van der Waals surface area contributed by atoms with E-state index in [2.05, 4.69) is 25.8 Å². The molecule has 3 saturated heterocycles. The van der Waals surface area contributed by atoms with Gasteiger partial charge in [0.05, 0.1) is 24.3 Å². The number of aromatic hydroxyl groups is 1. The number of nitrogens with zero attached hydrogens (tertiary/aromatic N) is 1. The lowest BCUT2D eigenvalue weighted by atomic mass is 9.86. The molecule has 3 aliphatic rings. The summed E-state index contributed by atoms with van der Waals surface area (Å²) < 4.78 is 17.6. The molecule has 0 radical (unpaired) electrons. The van der Waals surface area contributed by atoms with Crippen LogP contribution in [0.1, 0.15) is 84.3 Å². The lowest BCUT2D eigenvalue weighted by Crippen LogP contribution is -2.52. The van der Waals surface area contributed by atoms with Crippen molar-refractivity contribution in [2.45, 2.75) is 69.9 Å². The SMILES string of the molecule is CC(C)(NC(=O)c1ccc(COc2cccc(C(NC(=O)O[C@H]3CN4CCC3CC4)c3ccccc3)c2)cc1)C(=O)OCCCCNC[C@H](O)c1ccc(O)c2[nH]c(=O)ccc12. The van der Waals surface area contributed by atoms with Crippen LogP contribution in [-0.4, -0.2) is 89.0 Å². The molecule has 3 atom stereocenters. The molecular formula is C48H55N5O9. The predicted molar refractivity (Wildman–Crippen MR) is 234 cm³/mol. The van der Waals surface area contributed by atoms with Gasteiger partial charge in [-0.1, -0.05) is 60.7 Å². The van der Waals surface area contributed by atoms with E-state index in [4.69, 9.17) is 14.2 Å². The number of piperidine rings is 3. The monoisotopic (exact) mass is 845 g/mol. The van der Waals surface area contributed by atoms with Gasteiger partial charge >= 0.3 is 12.1 Å². The summed E-state index contributed by atoms with van der Waals surface area (Å²) in [7, 11) is 0. The summed E-state index contributed by atoms with van der Waals surface area (Å²) in [5, 5.41) is 30.4. The molecule has 2 amide bonds. The van der Waals surface area contributed by atoms with Crippen molar-refractivity contribution in [1.82, 2.24) is 25.8 Å². The van der Waals surface area contributed by atoms with Crippen LogP contribution < -0.4 is 26.2 Å². The number of carbonyl (C=O) groups excluding carboxylic acids is 3. The highest BCUT2D eigenvalue weighted by Gasteiger charge is 2.37. The minimum absolute atomic E-state index is 0.0713. The first-order chi connectivity index (χ1) is 29.9. The van der Waals surface area contributed by atoms with Crippen LogP contribution in [0, 0.1) is 5.92 Å². The summed E-state index contributed by atoms with van der Waals surface area (Å²) in [5.41, 5.74) is 2.20. The number of hydrogen-bond acceptors (Lipinski definition) is 11. The van der Waals surface area contributed by atoms with Crippen LogP contribution in [0.15, 0.2) is 108 Å². The van der Waals surface area contributed by atoms with Gasteiger partial charge in [0.1, 0.15) is 29.7 Å². The predicted octanol–water partition coefficient (Wildman–Crippen LogP) is 5.88. The summed E-state index contributed by atoms with van der Waals surface area (Å²) in [6, 6.07) is 29.9. The van der Waals surface area contributed by atoms with Crippen molar-refractivity contribution in [2.24, 2.45) is 5.92 Å². The van der Waals surface area contributed by atoms with E-state index in [1.807, 2.05) is 54.6 Å². The Kier molecular flexibility index (Phi) is 14.2. The smallest absolute Gasteiger partial charge is 0.408 e. The highest BCUT2D eigenvalue weighted by Crippen LogP contribution is 2.31. The number of ether oxygens (including phenoxy) is 3. The van der Waals surface area contributed by atoms with Crippen LogP contribution in [0.3, 0.4) is 0 Å². The Morgan fingerprint density at radius 2 is 1.66 bits per heavy atom. The summed E-state index contributed by atoms with van der Waals surface area (Å²) >= 11 is 0. The van der Waals surface area contributed by atoms with E-state index in [-0.39, 0.29) is 42.7 Å². The molecule has 0 spiro atoms. The molecule has 3 fully saturated rings. The molecule has 326 valence electrons. The van der Waals surface area contributed by atoms with Gasteiger partial charge in [-0.3, -0.25) is 14.5 Å². The topological polar surface area (TPSA) is 192 Å². The summed E-state index contributed by atoms with van der Waals surface area (Å²) in [6.07, 6.45) is 1.92. The van der Waals surface area contributed by atoms with Crippen molar-refractivity contribution in [3.8, 4) is 11.5 Å². The Balaban J connectivity index is 0.838. The number of hydrogen-bond donors (Lipinski definition) is 6. The number of fused-ring (bicyclic) bond motifs is 4. The number of aromatic nitrogens is 1. The van der Waals surface area contributed by atoms with Crippen LogP contribution in [0.25, 0.3) is 10.9 Å². The number of nitrogens with one attached hydrogen (secondary N) is 4. The number of aromatic amines is 1. The maximum absolute atomic E-state index is 13.2. The van der Waals surface area contributed by atoms with Crippen LogP contribution in [0.5, 0.6) is 11.5 Å². The van der Waals surface area contributed by atoms with Gasteiger partial charge < -0.3 is 45.4 Å². The van der Waals surface area contributed by atoms with Gasteiger partial charge in [-0.05, 0) is 124 Å². The molecular weight excluding hydrogens is 791 g/mol. The van der Waals surface area contributed by atoms with E-state index in [0.717, 1.165) is 49.2 Å². The number of benzene rings is 4. The van der Waals surface area contributed by atoms with Crippen LogP contribution in [0.2, 0.25) is 0 Å². The van der Waals surface area contributed by atoms with Crippen molar-refractivity contribution in [3.63, 3.8) is 0 Å². The molecule has 3 aliphatic heterocycles. The highest BCUT2D eigenvalue weighted by atomic mass is 16.6. The van der Waals surface area contributed by atoms with Gasteiger partial charge in [-0.15, -0.1) is 0 Å². The Labute approximate surface area is 360 Å². The fourth-order valence-electron chi connectivity index (χ4n) is 8.04. The number of phenols is 1. The van der Waals surface area contributed by atoms with Crippen LogP contribution in [-0.2, 0) is 20.9 Å². The number of unbranched alkanes of at least 4 members (excludes halogenated alkanes) is 1. The first kappa shape index (κ1) is 43.9. The second-order valence-electron chi connectivity index (χ2n) is 16.6. The van der Waals surface area contributed by atoms with Gasteiger partial charge in [0.15, 0.2) is 0 Å². The molecule has 62 heavy (non-hydrogen) atoms. The normalized spacial score (nSPS) is 18.1. The Morgan fingerprint density at radius 3 is 2.40 bits per heavy atom. The van der Waals surface area contributed by atoms with Crippen molar-refractivity contribution in [1.29, 1.82) is 0 Å². The summed E-state index contributed by atoms with van der Waals surface area (Å²) in [5.74, 6) is -0.0306. The standard InChI is InChI=1S/C48H55N5O9/c1-48(2,46(58)60-26-7-6-23-49-28-40(55)37-17-19-39(54)44-38(37)18-20-42(56)50-44)52-45(57)34-15-13-31(14-16-34)30-61-36-12-8-11-35(27-36)43(33-9-4-3-5-10-33)51-47(59)62-41-29-53-24-21-32(41)22-25-53/h3-5,8-20,27,32,40-41,43,49,54-55H,6-7,21-26,28-30H2,1-2H3,(H,50,56)(H,51,59)(H,52,57)/t40-,41-,43?/m0/s1. The van der Waals surface area contributed by atoms with Crippen LogP contribution >= 0.6 is 0 Å². The van der Waals surface area contributed by atoms with Crippen molar-refractivity contribution < 1.29 is 38.8 Å². The van der Waals surface area contributed by atoms with E-state index in [9.17, 15) is 29.4 Å². The second kappa shape index (κ2) is 20.1. The zero-order valence-corrected chi connectivity index (χ0v) is 35.1. The van der Waals surface area contributed by atoms with Crippen molar-refractivity contribution in [2.75, 3.05) is 39.3 Å². The van der Waals surface area contributed by atoms with Gasteiger partial charge in [-0.25, -0.2) is 9.59 Å². The van der Waals surface area contributed by atoms with Crippen LogP contribution in [0.4, 0.5) is 4.79 Å². The Bertz CT molecular complexity index is 2380. The van der Waals surface area contributed by atoms with Gasteiger partial charge in [0.25, 0.3) is 5.91 Å². The third-order valence-electron chi connectivity index (χ3n) is 11.6. The van der Waals surface area contributed by atoms with E-state index < -0.39 is 35.7 Å². The maximum Gasteiger partial charge on any atom is 0.408 e. The van der Waals surface area contributed by atoms with E-state index >= 15 is 0 Å². The molecule has 14 heteroatoms. The molecule has 4 aromatic carbocycles. The molecule has 1 aromatic heterocycles. The first-order valence-electron chi connectivity index (χ1n) is 21.2. The number of H-pyrrole nitrogens is 1. The fourth-order valence-corrected chi connectivity index (χ4v) is 8.04. The van der Waals surface area contributed by atoms with E-state index in [0.29, 0.717) is 47.6 Å². The van der Waals surface area contributed by atoms with Gasteiger partial charge in [-0.2, -0.15) is 0 Å². The molecule has 1 unspecified atom stereocenters. The quantitative estimate of drug-likeness (QED) is 0.0457. The molecule has 6 N–H and O–H groups in total. The number of pyridine rings is 1. The Morgan fingerprint density at radius 1 is 0.903 bits per heavy atom. The minimum atomic E-state index is -1.28. The number of aliphatic hydroxyl groups is 1. The lowest BCUT2D eigenvalue weighted by molar-refractivity contribution is -0.150. The first-order valence-corrected chi connectivity index (χ1v) is 21.2. The number of esters is 1. The number of aliphatic hydroxyl groups excluding tert-OH is 1. The summed E-state index contributed by atoms with van der Waals surface area (Å²) in [4.78, 5) is 56.0. The van der Waals surface area contributed by atoms with E-state index in [1.54, 1.807) is 50.2 Å². The fraction of sp³-hybridized carbons (Fsp3) is 0.375. The number of phenolic OH excluding ortho intramolecular Hbond substituents is 1. The zero-order chi connectivity index (χ0) is 43.6. The molecule has 14 nitrogen and oxygen atoms in total. The third kappa shape index (κ3) is 11.2. The molecule has 2 bridgehead atoms. The third-order valence-corrected chi connectivity index (χ3v) is 11.6. The Hall–Kier alpha value is -6.22. The highest BCUT2D eigenvalue weighted by molar-refractivity contribution is 5.98. The number of alkyl carbamates (subject to hydrolysis) is 1. The largest absolute Gasteiger partial charge is 0.506 e. The number of carbonyl (C=O) groups is 3. The number of rotatable bonds is 18. The molecule has 4 heterocycles. The maximum atomic E-state index is 13.2. The second-order valence-corrected chi connectivity index (χ2v) is 16.6. The molecule has 0 aliphatic carbocycles. The van der Waals surface area contributed by atoms with Gasteiger partial charge in [0.2, 0.25) is 5.56 Å². The minimum Gasteiger partial charge on any atom is -0.506 e. The average molecular weight is 846 g/mol. The van der Waals surface area contributed by atoms with Crippen molar-refractivity contribution >= 4 is 28.9 Å². The summed E-state index contributed by atoms with van der Waals surface area (Å²) in [6.45, 7) is 7.29. The lowest BCUT2D eigenvalue weighted by Gasteiger charge is -2.43. The average Bonchev–Trinajstić information content (AvgIpc) is 3.28. The number of amides is 2. The van der Waals surface area contributed by atoms with E-state index in [1.165, 1.54) is 12.1 Å². The molecule has 8 rings (SSSR count). The zero-order valence-electron chi connectivity index (χ0n) is 35.1. The van der Waals surface area contributed by atoms with Gasteiger partial charge in [0, 0.05) is 30.1 Å².